The number of likely N-dealkylation sites (tertiary alicyclic amines) is 1. The van der Waals surface area contributed by atoms with Gasteiger partial charge in [-0.25, -0.2) is 0 Å². The number of likely N-dealkylation sites (N-methyl/N-ethyl adjacent to an activating group) is 1. The first kappa shape index (κ1) is 16.3. The zero-order valence-corrected chi connectivity index (χ0v) is 13.9. The van der Waals surface area contributed by atoms with Crippen molar-refractivity contribution in [1.82, 2.24) is 10.2 Å². The van der Waals surface area contributed by atoms with Crippen molar-refractivity contribution in [3.05, 3.63) is 29.8 Å². The Morgan fingerprint density at radius 1 is 1.19 bits per heavy atom. The maximum Gasteiger partial charge on any atom is 0.0409 e. The van der Waals surface area contributed by atoms with Crippen LogP contribution in [0, 0.1) is 5.92 Å². The molecule has 2 rings (SSSR count). The summed E-state index contributed by atoms with van der Waals surface area (Å²) in [5.74, 6) is 0.699. The third kappa shape index (κ3) is 5.33. The monoisotopic (exact) mass is 289 g/mol. The summed E-state index contributed by atoms with van der Waals surface area (Å²) >= 11 is 0. The van der Waals surface area contributed by atoms with Gasteiger partial charge in [-0.3, -0.25) is 0 Å². The Bertz CT molecular complexity index is 411. The van der Waals surface area contributed by atoms with E-state index in [1.165, 1.54) is 43.7 Å². The predicted octanol–water partition coefficient (Wildman–Crippen LogP) is 2.96. The highest BCUT2D eigenvalue weighted by molar-refractivity contribution is 5.53. The molecule has 1 heterocycles. The Hall–Kier alpha value is -1.06. The lowest BCUT2D eigenvalue weighted by Crippen LogP contribution is -2.32. The first-order valence-corrected chi connectivity index (χ1v) is 8.39. The average molecular weight is 289 g/mol. The summed E-state index contributed by atoms with van der Waals surface area (Å²) in [4.78, 5) is 4.99. The summed E-state index contributed by atoms with van der Waals surface area (Å²) in [7, 11) is 2.22. The van der Waals surface area contributed by atoms with Gasteiger partial charge in [0.05, 0.1) is 0 Å². The second kappa shape index (κ2) is 8.40. The topological polar surface area (TPSA) is 18.5 Å². The van der Waals surface area contributed by atoms with E-state index in [0.29, 0.717) is 5.92 Å². The lowest BCUT2D eigenvalue weighted by molar-refractivity contribution is 0.346. The molecule has 0 atom stereocenters. The molecule has 0 aromatic heterocycles. The Balaban J connectivity index is 1.87. The van der Waals surface area contributed by atoms with Crippen LogP contribution in [0.5, 0.6) is 0 Å². The minimum Gasteiger partial charge on any atom is -0.373 e. The summed E-state index contributed by atoms with van der Waals surface area (Å²) in [5, 5.41) is 3.56. The van der Waals surface area contributed by atoms with Crippen LogP contribution >= 0.6 is 0 Å². The van der Waals surface area contributed by atoms with E-state index in [9.17, 15) is 0 Å². The van der Waals surface area contributed by atoms with Gasteiger partial charge in [0.25, 0.3) is 0 Å². The molecular weight excluding hydrogens is 258 g/mol. The van der Waals surface area contributed by atoms with E-state index >= 15 is 0 Å². The van der Waals surface area contributed by atoms with Gasteiger partial charge in [-0.15, -0.1) is 0 Å². The Kier molecular flexibility index (Phi) is 6.52. The molecule has 0 radical (unpaired) electrons. The van der Waals surface area contributed by atoms with Gasteiger partial charge in [0.1, 0.15) is 0 Å². The first-order chi connectivity index (χ1) is 10.2. The van der Waals surface area contributed by atoms with Gasteiger partial charge < -0.3 is 15.1 Å². The number of anilines is 1. The molecule has 0 spiro atoms. The van der Waals surface area contributed by atoms with E-state index in [2.05, 4.69) is 60.3 Å². The third-order valence-corrected chi connectivity index (χ3v) is 4.22. The zero-order chi connectivity index (χ0) is 15.1. The molecule has 0 unspecified atom stereocenters. The molecule has 0 bridgehead atoms. The summed E-state index contributed by atoms with van der Waals surface area (Å²) in [5.41, 5.74) is 2.77. The van der Waals surface area contributed by atoms with E-state index in [1.807, 2.05) is 0 Å². The van der Waals surface area contributed by atoms with Crippen LogP contribution in [0.15, 0.2) is 24.3 Å². The molecule has 1 saturated heterocycles. The van der Waals surface area contributed by atoms with Crippen molar-refractivity contribution in [1.29, 1.82) is 0 Å². The first-order valence-electron chi connectivity index (χ1n) is 8.39. The minimum absolute atomic E-state index is 0.699. The molecule has 0 aliphatic carbocycles. The Morgan fingerprint density at radius 3 is 2.62 bits per heavy atom. The highest BCUT2D eigenvalue weighted by atomic mass is 15.2. The van der Waals surface area contributed by atoms with Gasteiger partial charge >= 0.3 is 0 Å². The fourth-order valence-corrected chi connectivity index (χ4v) is 2.95. The second-order valence-electron chi connectivity index (χ2n) is 6.62. The Labute approximate surface area is 130 Å². The van der Waals surface area contributed by atoms with Crippen molar-refractivity contribution in [2.24, 2.45) is 5.92 Å². The van der Waals surface area contributed by atoms with Crippen molar-refractivity contribution in [3.8, 4) is 0 Å². The van der Waals surface area contributed by atoms with Crippen LogP contribution in [0.1, 0.15) is 32.3 Å². The van der Waals surface area contributed by atoms with Gasteiger partial charge in [-0.05, 0) is 50.0 Å². The maximum atomic E-state index is 3.56. The molecule has 1 fully saturated rings. The molecule has 1 aromatic rings. The van der Waals surface area contributed by atoms with Crippen LogP contribution in [0.25, 0.3) is 0 Å². The van der Waals surface area contributed by atoms with E-state index < -0.39 is 0 Å². The van der Waals surface area contributed by atoms with Crippen LogP contribution in [0.3, 0.4) is 0 Å². The number of nitrogens with one attached hydrogen (secondary N) is 1. The number of nitrogens with zero attached hydrogens (tertiary/aromatic N) is 2. The van der Waals surface area contributed by atoms with Crippen molar-refractivity contribution < 1.29 is 0 Å². The van der Waals surface area contributed by atoms with Gasteiger partial charge in [0.15, 0.2) is 0 Å². The van der Waals surface area contributed by atoms with Crippen LogP contribution in [-0.2, 0) is 6.54 Å². The smallest absolute Gasteiger partial charge is 0.0409 e. The molecule has 21 heavy (non-hydrogen) atoms. The molecule has 0 saturated carbocycles. The van der Waals surface area contributed by atoms with Gasteiger partial charge in [-0.1, -0.05) is 32.0 Å². The highest BCUT2D eigenvalue weighted by Gasteiger charge is 2.13. The molecule has 1 N–H and O–H groups in total. The molecule has 118 valence electrons. The SMILES string of the molecule is CC(C)CNCc1ccccc1N(C)CCN1CCCC1. The third-order valence-electron chi connectivity index (χ3n) is 4.22. The normalized spacial score (nSPS) is 15.8. The number of benzene rings is 1. The van der Waals surface area contributed by atoms with Gasteiger partial charge in [0.2, 0.25) is 0 Å². The van der Waals surface area contributed by atoms with E-state index in [4.69, 9.17) is 0 Å². The summed E-state index contributed by atoms with van der Waals surface area (Å²) in [6.07, 6.45) is 2.75. The summed E-state index contributed by atoms with van der Waals surface area (Å²) < 4.78 is 0. The molecule has 1 aromatic carbocycles. The van der Waals surface area contributed by atoms with Crippen LogP contribution < -0.4 is 10.2 Å². The largest absolute Gasteiger partial charge is 0.373 e. The van der Waals surface area contributed by atoms with E-state index in [1.54, 1.807) is 0 Å². The van der Waals surface area contributed by atoms with Crippen molar-refractivity contribution in [2.75, 3.05) is 44.7 Å². The standard InChI is InChI=1S/C18H31N3/c1-16(2)14-19-15-17-8-4-5-9-18(17)20(3)12-13-21-10-6-7-11-21/h4-5,8-9,16,19H,6-7,10-15H2,1-3H3. The molecule has 1 aliphatic heterocycles. The number of hydrogen-bond donors (Lipinski definition) is 1. The van der Waals surface area contributed by atoms with Crippen LogP contribution in [0.4, 0.5) is 5.69 Å². The highest BCUT2D eigenvalue weighted by Crippen LogP contribution is 2.19. The van der Waals surface area contributed by atoms with E-state index in [-0.39, 0.29) is 0 Å². The van der Waals surface area contributed by atoms with Gasteiger partial charge in [0, 0.05) is 32.4 Å². The molecule has 3 heteroatoms. The summed E-state index contributed by atoms with van der Waals surface area (Å²) in [6, 6.07) is 8.78. The van der Waals surface area contributed by atoms with Crippen molar-refractivity contribution >= 4 is 5.69 Å². The fraction of sp³-hybridized carbons (Fsp3) is 0.667. The average Bonchev–Trinajstić information content (AvgIpc) is 2.98. The van der Waals surface area contributed by atoms with Crippen molar-refractivity contribution in [3.63, 3.8) is 0 Å². The van der Waals surface area contributed by atoms with Gasteiger partial charge in [-0.2, -0.15) is 0 Å². The maximum absolute atomic E-state index is 3.56. The number of rotatable bonds is 8. The number of hydrogen-bond acceptors (Lipinski definition) is 3. The minimum atomic E-state index is 0.699. The predicted molar refractivity (Wildman–Crippen MR) is 91.9 cm³/mol. The molecule has 3 nitrogen and oxygen atoms in total. The lowest BCUT2D eigenvalue weighted by atomic mass is 10.1. The fourth-order valence-electron chi connectivity index (χ4n) is 2.95. The lowest BCUT2D eigenvalue weighted by Gasteiger charge is -2.25. The quantitative estimate of drug-likeness (QED) is 0.794. The summed E-state index contributed by atoms with van der Waals surface area (Å²) in [6.45, 7) is 11.4. The van der Waals surface area contributed by atoms with E-state index in [0.717, 1.165) is 19.6 Å². The van der Waals surface area contributed by atoms with Crippen molar-refractivity contribution in [2.45, 2.75) is 33.2 Å². The Morgan fingerprint density at radius 2 is 1.90 bits per heavy atom. The molecular formula is C18H31N3. The number of para-hydroxylation sites is 1. The second-order valence-corrected chi connectivity index (χ2v) is 6.62. The molecule has 0 amide bonds. The zero-order valence-electron chi connectivity index (χ0n) is 13.9. The molecule has 1 aliphatic rings. The van der Waals surface area contributed by atoms with Crippen LogP contribution in [0.2, 0.25) is 0 Å². The van der Waals surface area contributed by atoms with Crippen LogP contribution in [-0.4, -0.2) is 44.7 Å².